The van der Waals surface area contributed by atoms with Gasteiger partial charge in [-0.15, -0.1) is 0 Å². The van der Waals surface area contributed by atoms with E-state index in [1.807, 2.05) is 62.3 Å². The summed E-state index contributed by atoms with van der Waals surface area (Å²) in [7, 11) is 3.92. The van der Waals surface area contributed by atoms with Gasteiger partial charge in [0.1, 0.15) is 11.5 Å². The Balaban J connectivity index is 1.74. The van der Waals surface area contributed by atoms with Crippen molar-refractivity contribution in [3.63, 3.8) is 0 Å². The SMILES string of the molecule is Cc1cccc(OCCC(=O)NC[C@@H](c2ccco2)N(C)C)c1. The molecule has 0 saturated heterocycles. The summed E-state index contributed by atoms with van der Waals surface area (Å²) in [6.07, 6.45) is 1.97. The van der Waals surface area contributed by atoms with Gasteiger partial charge in [0.05, 0.1) is 25.3 Å². The number of benzene rings is 1. The second-order valence-corrected chi connectivity index (χ2v) is 5.71. The number of rotatable bonds is 8. The van der Waals surface area contributed by atoms with Crippen LogP contribution in [0.2, 0.25) is 0 Å². The number of furan rings is 1. The number of likely N-dealkylation sites (N-methyl/N-ethyl adjacent to an activating group) is 1. The van der Waals surface area contributed by atoms with Crippen molar-refractivity contribution < 1.29 is 13.9 Å². The minimum Gasteiger partial charge on any atom is -0.493 e. The van der Waals surface area contributed by atoms with E-state index >= 15 is 0 Å². The zero-order chi connectivity index (χ0) is 16.7. The Labute approximate surface area is 137 Å². The molecule has 2 rings (SSSR count). The van der Waals surface area contributed by atoms with Crippen LogP contribution in [0.1, 0.15) is 23.8 Å². The van der Waals surface area contributed by atoms with Crippen molar-refractivity contribution in [2.75, 3.05) is 27.2 Å². The molecule has 1 heterocycles. The maximum Gasteiger partial charge on any atom is 0.223 e. The zero-order valence-electron chi connectivity index (χ0n) is 13.9. The smallest absolute Gasteiger partial charge is 0.223 e. The number of aryl methyl sites for hydroxylation is 1. The summed E-state index contributed by atoms with van der Waals surface area (Å²) in [6, 6.07) is 11.6. The summed E-state index contributed by atoms with van der Waals surface area (Å²) in [5, 5.41) is 2.93. The van der Waals surface area contributed by atoms with E-state index in [2.05, 4.69) is 5.32 Å². The molecule has 1 atom stereocenters. The minimum atomic E-state index is -0.0314. The Kier molecular flexibility index (Phi) is 6.23. The van der Waals surface area contributed by atoms with Crippen LogP contribution in [-0.4, -0.2) is 38.1 Å². The molecule has 0 fully saturated rings. The molecule has 0 saturated carbocycles. The molecular formula is C18H24N2O3. The van der Waals surface area contributed by atoms with Gasteiger partial charge < -0.3 is 14.5 Å². The van der Waals surface area contributed by atoms with E-state index in [9.17, 15) is 4.79 Å². The van der Waals surface area contributed by atoms with E-state index in [1.165, 1.54) is 0 Å². The van der Waals surface area contributed by atoms with Crippen LogP contribution in [-0.2, 0) is 4.79 Å². The fourth-order valence-electron chi connectivity index (χ4n) is 2.28. The van der Waals surface area contributed by atoms with E-state index < -0.39 is 0 Å². The molecule has 2 aromatic rings. The average Bonchev–Trinajstić information content (AvgIpc) is 3.01. The molecular weight excluding hydrogens is 292 g/mol. The van der Waals surface area contributed by atoms with Gasteiger partial charge in [-0.3, -0.25) is 9.69 Å². The monoisotopic (exact) mass is 316 g/mol. The Morgan fingerprint density at radius 1 is 1.30 bits per heavy atom. The number of ether oxygens (including phenoxy) is 1. The highest BCUT2D eigenvalue weighted by molar-refractivity contribution is 5.76. The second-order valence-electron chi connectivity index (χ2n) is 5.71. The first kappa shape index (κ1) is 17.1. The van der Waals surface area contributed by atoms with Gasteiger partial charge in [0.2, 0.25) is 5.91 Å². The molecule has 0 aliphatic heterocycles. The number of carbonyl (C=O) groups is 1. The van der Waals surface area contributed by atoms with Crippen molar-refractivity contribution >= 4 is 5.91 Å². The molecule has 5 nitrogen and oxygen atoms in total. The van der Waals surface area contributed by atoms with Crippen molar-refractivity contribution in [1.82, 2.24) is 10.2 Å². The average molecular weight is 316 g/mol. The highest BCUT2D eigenvalue weighted by Gasteiger charge is 2.17. The van der Waals surface area contributed by atoms with Crippen molar-refractivity contribution in [3.8, 4) is 5.75 Å². The predicted molar refractivity (Wildman–Crippen MR) is 89.4 cm³/mol. The van der Waals surface area contributed by atoms with Gasteiger partial charge in [-0.05, 0) is 50.8 Å². The number of carbonyl (C=O) groups excluding carboxylic acids is 1. The third kappa shape index (κ3) is 5.45. The van der Waals surface area contributed by atoms with Crippen LogP contribution in [0.3, 0.4) is 0 Å². The van der Waals surface area contributed by atoms with Gasteiger partial charge in [0.25, 0.3) is 0 Å². The summed E-state index contributed by atoms with van der Waals surface area (Å²) in [6.45, 7) is 2.88. The largest absolute Gasteiger partial charge is 0.493 e. The maximum atomic E-state index is 12.0. The molecule has 124 valence electrons. The molecule has 23 heavy (non-hydrogen) atoms. The van der Waals surface area contributed by atoms with E-state index in [-0.39, 0.29) is 11.9 Å². The minimum absolute atomic E-state index is 0.0200. The van der Waals surface area contributed by atoms with Gasteiger partial charge >= 0.3 is 0 Å². The zero-order valence-corrected chi connectivity index (χ0v) is 13.9. The van der Waals surface area contributed by atoms with Gasteiger partial charge in [0, 0.05) is 6.54 Å². The fraction of sp³-hybridized carbons (Fsp3) is 0.389. The summed E-state index contributed by atoms with van der Waals surface area (Å²) in [5.74, 6) is 1.60. The molecule has 1 aromatic heterocycles. The second kappa shape index (κ2) is 8.39. The lowest BCUT2D eigenvalue weighted by molar-refractivity contribution is -0.121. The third-order valence-corrected chi connectivity index (χ3v) is 3.57. The van der Waals surface area contributed by atoms with Gasteiger partial charge in [0.15, 0.2) is 0 Å². The van der Waals surface area contributed by atoms with Crippen LogP contribution in [0.5, 0.6) is 5.75 Å². The molecule has 0 unspecified atom stereocenters. The van der Waals surface area contributed by atoms with Gasteiger partial charge in [-0.25, -0.2) is 0 Å². The van der Waals surface area contributed by atoms with Crippen LogP contribution in [0.4, 0.5) is 0 Å². The number of hydrogen-bond donors (Lipinski definition) is 1. The van der Waals surface area contributed by atoms with E-state index in [4.69, 9.17) is 9.15 Å². The Morgan fingerprint density at radius 3 is 2.78 bits per heavy atom. The molecule has 5 heteroatoms. The molecule has 1 aromatic carbocycles. The van der Waals surface area contributed by atoms with Crippen molar-refractivity contribution in [2.24, 2.45) is 0 Å². The third-order valence-electron chi connectivity index (χ3n) is 3.57. The highest BCUT2D eigenvalue weighted by Crippen LogP contribution is 2.17. The molecule has 0 bridgehead atoms. The lowest BCUT2D eigenvalue weighted by Gasteiger charge is -2.22. The first-order chi connectivity index (χ1) is 11.1. The number of amides is 1. The van der Waals surface area contributed by atoms with Gasteiger partial charge in [-0.1, -0.05) is 12.1 Å². The summed E-state index contributed by atoms with van der Waals surface area (Å²) in [5.41, 5.74) is 1.14. The molecule has 0 spiro atoms. The van der Waals surface area contributed by atoms with E-state index in [0.29, 0.717) is 19.6 Å². The van der Waals surface area contributed by atoms with Crippen LogP contribution in [0.25, 0.3) is 0 Å². The number of nitrogens with zero attached hydrogens (tertiary/aromatic N) is 1. The van der Waals surface area contributed by atoms with Crippen LogP contribution >= 0.6 is 0 Å². The summed E-state index contributed by atoms with van der Waals surface area (Å²) in [4.78, 5) is 14.0. The normalized spacial score (nSPS) is 12.2. The lowest BCUT2D eigenvalue weighted by Crippen LogP contribution is -2.34. The molecule has 0 aliphatic rings. The fourth-order valence-corrected chi connectivity index (χ4v) is 2.28. The van der Waals surface area contributed by atoms with Crippen molar-refractivity contribution in [3.05, 3.63) is 54.0 Å². The first-order valence-corrected chi connectivity index (χ1v) is 7.72. The predicted octanol–water partition coefficient (Wildman–Crippen LogP) is 2.78. The first-order valence-electron chi connectivity index (χ1n) is 7.72. The topological polar surface area (TPSA) is 54.7 Å². The number of hydrogen-bond acceptors (Lipinski definition) is 4. The van der Waals surface area contributed by atoms with Crippen molar-refractivity contribution in [1.29, 1.82) is 0 Å². The standard InChI is InChI=1S/C18H24N2O3/c1-14-6-4-7-15(12-14)22-11-9-18(21)19-13-16(20(2)3)17-8-5-10-23-17/h4-8,10,12,16H,9,11,13H2,1-3H3,(H,19,21)/t16-/m0/s1. The summed E-state index contributed by atoms with van der Waals surface area (Å²) < 4.78 is 11.0. The lowest BCUT2D eigenvalue weighted by atomic mass is 10.2. The molecule has 1 amide bonds. The Hall–Kier alpha value is -2.27. The maximum absolute atomic E-state index is 12.0. The van der Waals surface area contributed by atoms with Crippen LogP contribution in [0, 0.1) is 6.92 Å². The Bertz CT molecular complexity index is 608. The summed E-state index contributed by atoms with van der Waals surface area (Å²) >= 11 is 0. The van der Waals surface area contributed by atoms with Crippen molar-refractivity contribution in [2.45, 2.75) is 19.4 Å². The molecule has 1 N–H and O–H groups in total. The molecule has 0 aliphatic carbocycles. The Morgan fingerprint density at radius 2 is 2.13 bits per heavy atom. The van der Waals surface area contributed by atoms with Crippen LogP contribution < -0.4 is 10.1 Å². The van der Waals surface area contributed by atoms with Gasteiger partial charge in [-0.2, -0.15) is 0 Å². The highest BCUT2D eigenvalue weighted by atomic mass is 16.5. The quantitative estimate of drug-likeness (QED) is 0.813. The molecule has 0 radical (unpaired) electrons. The number of nitrogens with one attached hydrogen (secondary N) is 1. The van der Waals surface area contributed by atoms with E-state index in [1.54, 1.807) is 6.26 Å². The van der Waals surface area contributed by atoms with E-state index in [0.717, 1.165) is 17.1 Å². The van der Waals surface area contributed by atoms with Crippen LogP contribution in [0.15, 0.2) is 47.1 Å².